The lowest BCUT2D eigenvalue weighted by molar-refractivity contribution is 0.230. The second kappa shape index (κ2) is 6.52. The number of nitrogens with zero attached hydrogens (tertiary/aromatic N) is 3. The first kappa shape index (κ1) is 15.6. The molecule has 3 saturated carbocycles. The van der Waals surface area contributed by atoms with Crippen LogP contribution in [0.5, 0.6) is 0 Å². The first-order valence-electron chi connectivity index (χ1n) is 9.72. The van der Waals surface area contributed by atoms with Gasteiger partial charge in [0.05, 0.1) is 17.9 Å². The van der Waals surface area contributed by atoms with E-state index in [0.717, 1.165) is 18.5 Å². The van der Waals surface area contributed by atoms with Crippen molar-refractivity contribution < 1.29 is 0 Å². The van der Waals surface area contributed by atoms with Crippen molar-refractivity contribution in [3.63, 3.8) is 0 Å². The summed E-state index contributed by atoms with van der Waals surface area (Å²) >= 11 is 0. The van der Waals surface area contributed by atoms with E-state index in [1.807, 2.05) is 4.68 Å². The number of hydrogen-bond donors (Lipinski definition) is 2. The van der Waals surface area contributed by atoms with Gasteiger partial charge in [0, 0.05) is 6.04 Å². The van der Waals surface area contributed by atoms with Crippen LogP contribution in [0.25, 0.3) is 0 Å². The zero-order chi connectivity index (χ0) is 15.7. The van der Waals surface area contributed by atoms with Crippen molar-refractivity contribution in [2.45, 2.75) is 94.8 Å². The molecule has 128 valence electrons. The minimum absolute atomic E-state index is 0.243. The van der Waals surface area contributed by atoms with Gasteiger partial charge in [-0.3, -0.25) is 0 Å². The van der Waals surface area contributed by atoms with Crippen molar-refractivity contribution in [3.05, 3.63) is 11.9 Å². The van der Waals surface area contributed by atoms with Gasteiger partial charge in [-0.1, -0.05) is 43.7 Å². The van der Waals surface area contributed by atoms with Crippen LogP contribution >= 0.6 is 0 Å². The number of rotatable bonds is 5. The van der Waals surface area contributed by atoms with Crippen molar-refractivity contribution in [3.8, 4) is 0 Å². The minimum atomic E-state index is -0.243. The maximum absolute atomic E-state index is 6.28. The lowest BCUT2D eigenvalue weighted by Crippen LogP contribution is -2.38. The molecule has 0 aliphatic heterocycles. The van der Waals surface area contributed by atoms with Crippen LogP contribution in [0, 0.1) is 5.92 Å². The molecule has 1 heterocycles. The normalized spacial score (nSPS) is 27.0. The van der Waals surface area contributed by atoms with Crippen LogP contribution in [0.1, 0.15) is 88.8 Å². The van der Waals surface area contributed by atoms with E-state index in [4.69, 9.17) is 5.73 Å². The third-order valence-electron chi connectivity index (χ3n) is 6.19. The Bertz CT molecular complexity index is 509. The predicted molar refractivity (Wildman–Crippen MR) is 90.7 cm³/mol. The van der Waals surface area contributed by atoms with E-state index < -0.39 is 0 Å². The molecule has 0 unspecified atom stereocenters. The lowest BCUT2D eigenvalue weighted by Gasteiger charge is -2.34. The second-order valence-electron chi connectivity index (χ2n) is 8.07. The van der Waals surface area contributed by atoms with Crippen molar-refractivity contribution in [2.24, 2.45) is 11.7 Å². The van der Waals surface area contributed by atoms with Crippen molar-refractivity contribution >= 4 is 0 Å². The predicted octanol–water partition coefficient (Wildman–Crippen LogP) is 3.23. The highest BCUT2D eigenvalue weighted by molar-refractivity contribution is 5.08. The molecule has 4 rings (SSSR count). The quantitative estimate of drug-likeness (QED) is 0.875. The molecular formula is C18H31N5. The average molecular weight is 317 g/mol. The van der Waals surface area contributed by atoms with Gasteiger partial charge in [-0.15, -0.1) is 5.10 Å². The summed E-state index contributed by atoms with van der Waals surface area (Å²) in [5.41, 5.74) is 7.17. The molecular weight excluding hydrogens is 286 g/mol. The summed E-state index contributed by atoms with van der Waals surface area (Å²) < 4.78 is 1.92. The van der Waals surface area contributed by atoms with Crippen LogP contribution < -0.4 is 11.1 Å². The van der Waals surface area contributed by atoms with Crippen molar-refractivity contribution in [1.82, 2.24) is 20.3 Å². The average Bonchev–Trinajstić information content (AvgIpc) is 3.16. The van der Waals surface area contributed by atoms with Crippen LogP contribution in [-0.4, -0.2) is 21.0 Å². The van der Waals surface area contributed by atoms with Crippen LogP contribution in [0.2, 0.25) is 0 Å². The molecule has 1 aromatic heterocycles. The number of hydrogen-bond acceptors (Lipinski definition) is 4. The topological polar surface area (TPSA) is 68.8 Å². The third kappa shape index (κ3) is 3.45. The van der Waals surface area contributed by atoms with Gasteiger partial charge in [0.25, 0.3) is 0 Å². The molecule has 0 bridgehead atoms. The van der Waals surface area contributed by atoms with Crippen LogP contribution in [0.4, 0.5) is 0 Å². The van der Waals surface area contributed by atoms with Crippen molar-refractivity contribution in [1.29, 1.82) is 0 Å². The number of nitrogens with one attached hydrogen (secondary N) is 1. The summed E-state index contributed by atoms with van der Waals surface area (Å²) in [5.74, 6) is 0.712. The van der Waals surface area contributed by atoms with Gasteiger partial charge in [-0.05, 0) is 44.4 Å². The first-order valence-corrected chi connectivity index (χ1v) is 9.72. The highest BCUT2D eigenvalue weighted by Crippen LogP contribution is 2.39. The summed E-state index contributed by atoms with van der Waals surface area (Å²) in [7, 11) is 0. The zero-order valence-electron chi connectivity index (χ0n) is 14.2. The second-order valence-corrected chi connectivity index (χ2v) is 8.07. The Morgan fingerprint density at radius 3 is 2.35 bits per heavy atom. The van der Waals surface area contributed by atoms with E-state index in [1.165, 1.54) is 64.2 Å². The van der Waals surface area contributed by atoms with Gasteiger partial charge in [0.15, 0.2) is 0 Å². The number of aromatic nitrogens is 3. The largest absolute Gasteiger partial charge is 0.307 e. The van der Waals surface area contributed by atoms with Gasteiger partial charge in [0.1, 0.15) is 5.66 Å². The molecule has 23 heavy (non-hydrogen) atoms. The van der Waals surface area contributed by atoms with E-state index in [1.54, 1.807) is 0 Å². The van der Waals surface area contributed by atoms with E-state index in [2.05, 4.69) is 21.8 Å². The Hall–Kier alpha value is -0.940. The van der Waals surface area contributed by atoms with E-state index in [9.17, 15) is 0 Å². The molecule has 0 aromatic carbocycles. The van der Waals surface area contributed by atoms with Gasteiger partial charge >= 0.3 is 0 Å². The Morgan fingerprint density at radius 1 is 1.04 bits per heavy atom. The maximum atomic E-state index is 6.28. The Morgan fingerprint density at radius 2 is 1.70 bits per heavy atom. The maximum Gasteiger partial charge on any atom is 0.112 e. The molecule has 5 heteroatoms. The van der Waals surface area contributed by atoms with Crippen molar-refractivity contribution in [2.75, 3.05) is 0 Å². The van der Waals surface area contributed by atoms with Crippen LogP contribution in [0.3, 0.4) is 0 Å². The molecule has 5 nitrogen and oxygen atoms in total. The highest BCUT2D eigenvalue weighted by atomic mass is 15.5. The monoisotopic (exact) mass is 317 g/mol. The van der Waals surface area contributed by atoms with Gasteiger partial charge in [0.2, 0.25) is 0 Å². The Labute approximate surface area is 139 Å². The summed E-state index contributed by atoms with van der Waals surface area (Å²) in [6, 6.07) is 1.03. The van der Waals surface area contributed by atoms with E-state index >= 15 is 0 Å². The standard InChI is InChI=1S/C18H31N5/c19-18(11-12-18)23-13-16(21-22-23)17(14-7-3-1-4-8-14)20-15-9-5-2-6-10-15/h13-15,17,20H,1-12,19H2/t17-/m0/s1. The minimum Gasteiger partial charge on any atom is -0.307 e. The fourth-order valence-corrected chi connectivity index (χ4v) is 4.45. The van der Waals surface area contributed by atoms with Crippen LogP contribution in [0.15, 0.2) is 6.20 Å². The summed E-state index contributed by atoms with van der Waals surface area (Å²) in [4.78, 5) is 0. The molecule has 0 saturated heterocycles. The SMILES string of the molecule is NC1(n2cc([C@@H](NC3CCCCC3)C3CCCCC3)nn2)CC1. The molecule has 0 spiro atoms. The summed E-state index contributed by atoms with van der Waals surface area (Å²) in [5, 5.41) is 12.9. The summed E-state index contributed by atoms with van der Waals surface area (Å²) in [6.45, 7) is 0. The molecule has 1 aromatic rings. The summed E-state index contributed by atoms with van der Waals surface area (Å²) in [6.07, 6.45) is 17.7. The Balaban J connectivity index is 1.52. The fourth-order valence-electron chi connectivity index (χ4n) is 4.45. The third-order valence-corrected chi connectivity index (χ3v) is 6.19. The smallest absolute Gasteiger partial charge is 0.112 e. The Kier molecular flexibility index (Phi) is 4.41. The first-order chi connectivity index (χ1) is 11.2. The lowest BCUT2D eigenvalue weighted by atomic mass is 9.82. The molecule has 0 radical (unpaired) electrons. The van der Waals surface area contributed by atoms with Gasteiger partial charge < -0.3 is 11.1 Å². The molecule has 3 aliphatic carbocycles. The molecule has 3 N–H and O–H groups in total. The molecule has 0 amide bonds. The molecule has 3 fully saturated rings. The van der Waals surface area contributed by atoms with E-state index in [0.29, 0.717) is 18.0 Å². The molecule has 3 aliphatic rings. The highest BCUT2D eigenvalue weighted by Gasteiger charge is 2.42. The van der Waals surface area contributed by atoms with Crippen LogP contribution in [-0.2, 0) is 5.66 Å². The fraction of sp³-hybridized carbons (Fsp3) is 0.889. The number of nitrogens with two attached hydrogens (primary N) is 1. The zero-order valence-corrected chi connectivity index (χ0v) is 14.2. The van der Waals surface area contributed by atoms with E-state index in [-0.39, 0.29) is 5.66 Å². The molecule has 1 atom stereocenters. The van der Waals surface area contributed by atoms with Gasteiger partial charge in [-0.2, -0.15) is 0 Å². The van der Waals surface area contributed by atoms with Gasteiger partial charge in [-0.25, -0.2) is 4.68 Å².